The second-order valence-corrected chi connectivity index (χ2v) is 6.16. The summed E-state index contributed by atoms with van der Waals surface area (Å²) < 4.78 is 30.1. The van der Waals surface area contributed by atoms with Gasteiger partial charge in [0, 0.05) is 19.8 Å². The zero-order valence-electron chi connectivity index (χ0n) is 12.8. The molecule has 0 unspecified atom stereocenters. The molecule has 2 aromatic rings. The quantitative estimate of drug-likeness (QED) is 0.870. The molecule has 1 atom stereocenters. The monoisotopic (exact) mass is 318 g/mol. The van der Waals surface area contributed by atoms with Crippen LogP contribution in [0.1, 0.15) is 49.1 Å². The van der Waals surface area contributed by atoms with E-state index in [0.717, 1.165) is 37.9 Å². The number of nitrogens with zero attached hydrogens (tertiary/aromatic N) is 2. The molecule has 2 saturated heterocycles. The molecular weight excluding hydrogens is 299 g/mol. The van der Waals surface area contributed by atoms with Gasteiger partial charge in [0.15, 0.2) is 0 Å². The number of benzene rings is 1. The number of rotatable bonds is 3. The third kappa shape index (κ3) is 2.66. The van der Waals surface area contributed by atoms with E-state index in [2.05, 4.69) is 10.1 Å². The third-order valence-corrected chi connectivity index (χ3v) is 4.81. The second kappa shape index (κ2) is 6.02. The second-order valence-electron chi connectivity index (χ2n) is 6.16. The van der Waals surface area contributed by atoms with Crippen LogP contribution in [-0.2, 0) is 14.9 Å². The Labute approximate surface area is 133 Å². The van der Waals surface area contributed by atoms with Crippen molar-refractivity contribution < 1.29 is 18.4 Å². The van der Waals surface area contributed by atoms with Crippen LogP contribution in [0.2, 0.25) is 0 Å². The summed E-state index contributed by atoms with van der Waals surface area (Å²) in [5.41, 5.74) is 0.584. The van der Waals surface area contributed by atoms with Gasteiger partial charge in [0.25, 0.3) is 0 Å². The highest BCUT2D eigenvalue weighted by atomic mass is 19.1. The highest BCUT2D eigenvalue weighted by molar-refractivity contribution is 5.33. The zero-order valence-corrected chi connectivity index (χ0v) is 12.8. The first-order valence-corrected chi connectivity index (χ1v) is 8.07. The summed E-state index contributed by atoms with van der Waals surface area (Å²) in [7, 11) is 0. The van der Waals surface area contributed by atoms with Gasteiger partial charge in [-0.2, -0.15) is 4.98 Å². The summed E-state index contributed by atoms with van der Waals surface area (Å²) in [5.74, 6) is 0.949. The van der Waals surface area contributed by atoms with Gasteiger partial charge in [-0.15, -0.1) is 0 Å². The van der Waals surface area contributed by atoms with E-state index in [-0.39, 0.29) is 11.9 Å². The minimum Gasteiger partial charge on any atom is -0.381 e. The van der Waals surface area contributed by atoms with Crippen LogP contribution in [0.3, 0.4) is 0 Å². The summed E-state index contributed by atoms with van der Waals surface area (Å²) in [6.45, 7) is 1.98. The summed E-state index contributed by atoms with van der Waals surface area (Å²) in [6, 6.07) is 6.56. The molecule has 2 aliphatic heterocycles. The first-order valence-electron chi connectivity index (χ1n) is 8.07. The zero-order chi connectivity index (χ0) is 15.7. The Hall–Kier alpha value is -1.79. The Morgan fingerprint density at radius 2 is 1.87 bits per heavy atom. The summed E-state index contributed by atoms with van der Waals surface area (Å²) >= 11 is 0. The summed E-state index contributed by atoms with van der Waals surface area (Å²) in [6.07, 6.45) is 3.35. The van der Waals surface area contributed by atoms with Crippen molar-refractivity contribution in [2.24, 2.45) is 0 Å². The van der Waals surface area contributed by atoms with Gasteiger partial charge >= 0.3 is 0 Å². The SMILES string of the molecule is Fc1ccc(C2(c3nc([C@H]4CCCO4)no3)CCOCC2)cc1. The van der Waals surface area contributed by atoms with Crippen molar-refractivity contribution in [3.63, 3.8) is 0 Å². The number of hydrogen-bond acceptors (Lipinski definition) is 5. The van der Waals surface area contributed by atoms with Gasteiger partial charge in [-0.25, -0.2) is 4.39 Å². The van der Waals surface area contributed by atoms with Gasteiger partial charge < -0.3 is 14.0 Å². The highest BCUT2D eigenvalue weighted by Gasteiger charge is 2.42. The Morgan fingerprint density at radius 1 is 1.09 bits per heavy atom. The molecule has 122 valence electrons. The van der Waals surface area contributed by atoms with E-state index in [4.69, 9.17) is 14.0 Å². The Morgan fingerprint density at radius 3 is 2.57 bits per heavy atom. The normalized spacial score (nSPS) is 24.0. The molecule has 0 saturated carbocycles. The fourth-order valence-corrected chi connectivity index (χ4v) is 3.46. The lowest BCUT2D eigenvalue weighted by atomic mass is 9.74. The van der Waals surface area contributed by atoms with E-state index in [9.17, 15) is 4.39 Å². The largest absolute Gasteiger partial charge is 0.381 e. The van der Waals surface area contributed by atoms with E-state index in [1.807, 2.05) is 0 Å². The summed E-state index contributed by atoms with van der Waals surface area (Å²) in [4.78, 5) is 4.63. The van der Waals surface area contributed by atoms with Gasteiger partial charge in [0.05, 0.1) is 5.41 Å². The Kier molecular flexibility index (Phi) is 3.87. The Bertz CT molecular complexity index is 659. The third-order valence-electron chi connectivity index (χ3n) is 4.81. The molecule has 1 aromatic carbocycles. The predicted molar refractivity (Wildman–Crippen MR) is 79.5 cm³/mol. The van der Waals surface area contributed by atoms with E-state index in [1.54, 1.807) is 12.1 Å². The smallest absolute Gasteiger partial charge is 0.237 e. The first kappa shape index (κ1) is 14.8. The molecule has 23 heavy (non-hydrogen) atoms. The van der Waals surface area contributed by atoms with E-state index < -0.39 is 5.41 Å². The van der Waals surface area contributed by atoms with Crippen LogP contribution >= 0.6 is 0 Å². The topological polar surface area (TPSA) is 57.4 Å². The molecule has 0 N–H and O–H groups in total. The number of aromatic nitrogens is 2. The van der Waals surface area contributed by atoms with Crippen LogP contribution in [0, 0.1) is 5.82 Å². The van der Waals surface area contributed by atoms with Crippen molar-refractivity contribution in [3.8, 4) is 0 Å². The molecule has 5 nitrogen and oxygen atoms in total. The first-order chi connectivity index (χ1) is 11.3. The molecule has 3 heterocycles. The molecule has 0 aliphatic carbocycles. The van der Waals surface area contributed by atoms with E-state index in [0.29, 0.717) is 24.9 Å². The van der Waals surface area contributed by atoms with Gasteiger partial charge in [-0.3, -0.25) is 0 Å². The van der Waals surface area contributed by atoms with Crippen molar-refractivity contribution in [2.45, 2.75) is 37.2 Å². The average molecular weight is 318 g/mol. The van der Waals surface area contributed by atoms with Crippen molar-refractivity contribution in [2.75, 3.05) is 19.8 Å². The molecule has 0 radical (unpaired) electrons. The van der Waals surface area contributed by atoms with Crippen molar-refractivity contribution in [1.29, 1.82) is 0 Å². The molecular formula is C17H19FN2O3. The molecule has 2 fully saturated rings. The highest BCUT2D eigenvalue weighted by Crippen LogP contribution is 2.41. The van der Waals surface area contributed by atoms with Crippen molar-refractivity contribution in [3.05, 3.63) is 47.4 Å². The fraction of sp³-hybridized carbons (Fsp3) is 0.529. The van der Waals surface area contributed by atoms with Gasteiger partial charge in [-0.1, -0.05) is 17.3 Å². The molecule has 4 rings (SSSR count). The van der Waals surface area contributed by atoms with Gasteiger partial charge in [-0.05, 0) is 43.4 Å². The predicted octanol–water partition coefficient (Wildman–Crippen LogP) is 3.16. The lowest BCUT2D eigenvalue weighted by molar-refractivity contribution is 0.0523. The molecule has 0 bridgehead atoms. The van der Waals surface area contributed by atoms with Gasteiger partial charge in [0.2, 0.25) is 11.7 Å². The molecule has 2 aliphatic rings. The van der Waals surface area contributed by atoms with Crippen LogP contribution in [0.25, 0.3) is 0 Å². The number of ether oxygens (including phenoxy) is 2. The summed E-state index contributed by atoms with van der Waals surface area (Å²) in [5, 5.41) is 4.14. The standard InChI is InChI=1S/C17H19FN2O3/c18-13-5-3-12(4-6-13)17(7-10-21-11-8-17)16-19-15(20-23-16)14-2-1-9-22-14/h3-6,14H,1-2,7-11H2/t14-/m1/s1. The number of hydrogen-bond donors (Lipinski definition) is 0. The average Bonchev–Trinajstić information content (AvgIpc) is 3.28. The van der Waals surface area contributed by atoms with Crippen molar-refractivity contribution in [1.82, 2.24) is 10.1 Å². The van der Waals surface area contributed by atoms with E-state index >= 15 is 0 Å². The molecule has 6 heteroatoms. The Balaban J connectivity index is 1.72. The fourth-order valence-electron chi connectivity index (χ4n) is 3.46. The van der Waals surface area contributed by atoms with E-state index in [1.165, 1.54) is 12.1 Å². The maximum atomic E-state index is 13.3. The minimum absolute atomic E-state index is 0.0717. The van der Waals surface area contributed by atoms with Gasteiger partial charge in [0.1, 0.15) is 11.9 Å². The minimum atomic E-state index is -0.407. The lowest BCUT2D eigenvalue weighted by Gasteiger charge is -2.34. The van der Waals surface area contributed by atoms with Crippen LogP contribution < -0.4 is 0 Å². The van der Waals surface area contributed by atoms with Crippen LogP contribution in [-0.4, -0.2) is 30.0 Å². The maximum absolute atomic E-state index is 13.3. The maximum Gasteiger partial charge on any atom is 0.237 e. The van der Waals surface area contributed by atoms with Crippen molar-refractivity contribution >= 4 is 0 Å². The molecule has 0 amide bonds. The van der Waals surface area contributed by atoms with Crippen LogP contribution in [0.5, 0.6) is 0 Å². The lowest BCUT2D eigenvalue weighted by Crippen LogP contribution is -2.35. The molecule has 1 aromatic heterocycles. The number of halogens is 1. The van der Waals surface area contributed by atoms with Crippen LogP contribution in [0.15, 0.2) is 28.8 Å². The molecule has 0 spiro atoms. The van der Waals surface area contributed by atoms with Crippen LogP contribution in [0.4, 0.5) is 4.39 Å².